The van der Waals surface area contributed by atoms with Crippen molar-refractivity contribution in [3.8, 4) is 6.07 Å². The second-order valence-corrected chi connectivity index (χ2v) is 13.4. The largest absolute Gasteiger partial charge is 0.364 e. The lowest BCUT2D eigenvalue weighted by Crippen LogP contribution is -2.62. The molecule has 1 fully saturated rings. The van der Waals surface area contributed by atoms with Gasteiger partial charge in [0.25, 0.3) is 5.91 Å². The van der Waals surface area contributed by atoms with Gasteiger partial charge in [0.05, 0.1) is 24.8 Å². The highest BCUT2D eigenvalue weighted by molar-refractivity contribution is 7.92. The molecule has 41 heavy (non-hydrogen) atoms. The van der Waals surface area contributed by atoms with Crippen LogP contribution >= 0.6 is 0 Å². The quantitative estimate of drug-likeness (QED) is 0.323. The van der Waals surface area contributed by atoms with Crippen LogP contribution in [0.15, 0.2) is 91.0 Å². The van der Waals surface area contributed by atoms with Crippen LogP contribution in [0.2, 0.25) is 0 Å². The van der Waals surface area contributed by atoms with Crippen molar-refractivity contribution < 1.29 is 22.5 Å². The highest BCUT2D eigenvalue weighted by Gasteiger charge is 2.56. The minimum atomic E-state index is -3.99. The van der Waals surface area contributed by atoms with E-state index in [1.807, 2.05) is 60.7 Å². The Morgan fingerprint density at radius 1 is 0.951 bits per heavy atom. The van der Waals surface area contributed by atoms with E-state index in [2.05, 4.69) is 6.07 Å². The van der Waals surface area contributed by atoms with Gasteiger partial charge in [0.1, 0.15) is 6.04 Å². The number of carbonyl (C=O) groups excluding carboxylic acids is 2. The van der Waals surface area contributed by atoms with Crippen molar-refractivity contribution in [2.75, 3.05) is 12.3 Å². The van der Waals surface area contributed by atoms with E-state index < -0.39 is 38.5 Å². The van der Waals surface area contributed by atoms with Crippen LogP contribution < -0.4 is 5.73 Å². The summed E-state index contributed by atoms with van der Waals surface area (Å²) in [7, 11) is -3.99. The molecule has 8 heteroatoms. The molecule has 2 amide bonds. The molecule has 1 aliphatic rings. The Hall–Kier alpha value is -3.80. The Bertz CT molecular complexity index is 1460. The summed E-state index contributed by atoms with van der Waals surface area (Å²) in [5, 5.41) is 10.2. The van der Waals surface area contributed by atoms with Gasteiger partial charge in [-0.2, -0.15) is 5.26 Å². The van der Waals surface area contributed by atoms with E-state index in [1.54, 1.807) is 44.2 Å². The molecule has 2 N–H and O–H groups in total. The minimum Gasteiger partial charge on any atom is -0.364 e. The standard InChI is InChI=1S/C33H37N3O4S/c1-25(2)33(24-34,28-18-10-5-11-19-28)41(39,40)23-13-21-30(37)36(22-12-20-29(36)32(35)38)31(26-14-6-3-7-15-26)27-16-8-4-9-17-27/h3-11,14-19,25,29,31H,12-13,20-23H2,1-2H3,(H-,35,38)/p+1/t29?,33?,36-/m1/s1. The molecule has 0 aliphatic carbocycles. The molecule has 1 aliphatic heterocycles. The number of hydrogen-bond donors (Lipinski definition) is 1. The van der Waals surface area contributed by atoms with Crippen molar-refractivity contribution in [2.24, 2.45) is 11.7 Å². The van der Waals surface area contributed by atoms with Gasteiger partial charge in [-0.15, -0.1) is 0 Å². The van der Waals surface area contributed by atoms with Crippen molar-refractivity contribution in [2.45, 2.75) is 56.4 Å². The summed E-state index contributed by atoms with van der Waals surface area (Å²) >= 11 is 0. The summed E-state index contributed by atoms with van der Waals surface area (Å²) in [5.41, 5.74) is 8.14. The Kier molecular flexibility index (Phi) is 9.11. The fourth-order valence-electron chi connectivity index (χ4n) is 6.65. The molecule has 0 radical (unpaired) electrons. The van der Waals surface area contributed by atoms with Gasteiger partial charge in [-0.3, -0.25) is 4.79 Å². The van der Waals surface area contributed by atoms with Crippen molar-refractivity contribution in [1.82, 2.24) is 0 Å². The molecule has 0 spiro atoms. The molecular weight excluding hydrogens is 534 g/mol. The van der Waals surface area contributed by atoms with Gasteiger partial charge < -0.3 is 5.73 Å². The molecule has 2 unspecified atom stereocenters. The maximum absolute atomic E-state index is 14.4. The number of nitriles is 1. The SMILES string of the molecule is CC(C)C(C#N)(c1ccccc1)S(=O)(=O)CCCC(=O)[N@@+]1(C(c2ccccc2)c2ccccc2)CCCC1C(N)=O. The number of benzene rings is 3. The maximum atomic E-state index is 14.4. The molecule has 1 heterocycles. The summed E-state index contributed by atoms with van der Waals surface area (Å²) in [6.07, 6.45) is 1.10. The fourth-order valence-corrected chi connectivity index (χ4v) is 8.85. The predicted molar refractivity (Wildman–Crippen MR) is 159 cm³/mol. The number of hydrogen-bond acceptors (Lipinski definition) is 5. The smallest absolute Gasteiger partial charge is 0.315 e. The lowest BCUT2D eigenvalue weighted by Gasteiger charge is -2.43. The first-order chi connectivity index (χ1) is 19.6. The van der Waals surface area contributed by atoms with E-state index in [-0.39, 0.29) is 29.0 Å². The van der Waals surface area contributed by atoms with Crippen LogP contribution in [0.25, 0.3) is 0 Å². The van der Waals surface area contributed by atoms with Gasteiger partial charge in [-0.1, -0.05) is 105 Å². The normalized spacial score (nSPS) is 20.4. The van der Waals surface area contributed by atoms with Crippen LogP contribution in [0.5, 0.6) is 0 Å². The first-order valence-electron chi connectivity index (χ1n) is 14.1. The zero-order chi connectivity index (χ0) is 29.7. The number of likely N-dealkylation sites (tertiary alicyclic amines) is 1. The number of rotatable bonds is 11. The van der Waals surface area contributed by atoms with E-state index >= 15 is 0 Å². The van der Waals surface area contributed by atoms with E-state index in [9.17, 15) is 23.3 Å². The topological polar surface area (TPSA) is 118 Å². The Labute approximate surface area is 243 Å². The summed E-state index contributed by atoms with van der Waals surface area (Å²) in [5.74, 6) is -1.59. The van der Waals surface area contributed by atoms with E-state index in [0.717, 1.165) is 11.1 Å². The lowest BCUT2D eigenvalue weighted by atomic mass is 9.89. The minimum absolute atomic E-state index is 0.0337. The average molecular weight is 573 g/mol. The van der Waals surface area contributed by atoms with Gasteiger partial charge in [0, 0.05) is 24.0 Å². The number of quaternary nitrogens is 1. The van der Waals surface area contributed by atoms with Crippen LogP contribution in [0.4, 0.5) is 0 Å². The Morgan fingerprint density at radius 3 is 1.93 bits per heavy atom. The first-order valence-corrected chi connectivity index (χ1v) is 15.8. The van der Waals surface area contributed by atoms with Gasteiger partial charge in [0.15, 0.2) is 20.6 Å². The van der Waals surface area contributed by atoms with Gasteiger partial charge in [-0.25, -0.2) is 17.7 Å². The third kappa shape index (κ3) is 5.44. The van der Waals surface area contributed by atoms with Crippen molar-refractivity contribution in [3.63, 3.8) is 0 Å². The van der Waals surface area contributed by atoms with Crippen LogP contribution in [-0.2, 0) is 24.2 Å². The monoisotopic (exact) mass is 572 g/mol. The molecule has 7 nitrogen and oxygen atoms in total. The summed E-state index contributed by atoms with van der Waals surface area (Å²) in [6.45, 7) is 3.88. The van der Waals surface area contributed by atoms with Crippen LogP contribution in [-0.4, -0.2) is 43.1 Å². The molecule has 4 rings (SSSR count). The zero-order valence-corrected chi connectivity index (χ0v) is 24.5. The predicted octanol–water partition coefficient (Wildman–Crippen LogP) is 5.04. The number of amides is 2. The molecule has 3 aromatic rings. The number of primary amides is 1. The van der Waals surface area contributed by atoms with Gasteiger partial charge in [0.2, 0.25) is 0 Å². The summed E-state index contributed by atoms with van der Waals surface area (Å²) in [6, 6.07) is 28.7. The van der Waals surface area contributed by atoms with Gasteiger partial charge in [-0.05, 0) is 17.9 Å². The number of sulfone groups is 1. The summed E-state index contributed by atoms with van der Waals surface area (Å²) in [4.78, 5) is 27.2. The molecule has 0 saturated carbocycles. The third-order valence-corrected chi connectivity index (χ3v) is 11.1. The van der Waals surface area contributed by atoms with Crippen molar-refractivity contribution >= 4 is 21.7 Å². The van der Waals surface area contributed by atoms with E-state index in [0.29, 0.717) is 24.9 Å². The molecule has 3 aromatic carbocycles. The molecule has 1 saturated heterocycles. The Morgan fingerprint density at radius 2 is 1.46 bits per heavy atom. The Balaban J connectivity index is 1.71. The average Bonchev–Trinajstić information content (AvgIpc) is 3.41. The van der Waals surface area contributed by atoms with Crippen LogP contribution in [0.1, 0.15) is 62.3 Å². The number of carbonyl (C=O) groups is 2. The lowest BCUT2D eigenvalue weighted by molar-refractivity contribution is -0.882. The molecule has 0 aromatic heterocycles. The number of nitrogens with zero attached hydrogens (tertiary/aromatic N) is 2. The van der Waals surface area contributed by atoms with Crippen molar-refractivity contribution in [3.05, 3.63) is 108 Å². The third-order valence-electron chi connectivity index (χ3n) is 8.52. The highest BCUT2D eigenvalue weighted by Crippen LogP contribution is 2.44. The molecule has 3 atom stereocenters. The van der Waals surface area contributed by atoms with Crippen LogP contribution in [0.3, 0.4) is 0 Å². The molecular formula is C33H38N3O4S+. The van der Waals surface area contributed by atoms with Crippen LogP contribution in [0, 0.1) is 17.2 Å². The van der Waals surface area contributed by atoms with Gasteiger partial charge >= 0.3 is 5.91 Å². The second kappa shape index (κ2) is 12.4. The number of nitrogens with two attached hydrogens (primary N) is 1. The van der Waals surface area contributed by atoms with Crippen molar-refractivity contribution in [1.29, 1.82) is 5.26 Å². The first kappa shape index (κ1) is 30.2. The molecule has 0 bridgehead atoms. The maximum Gasteiger partial charge on any atom is 0.315 e. The summed E-state index contributed by atoms with van der Waals surface area (Å²) < 4.78 is 25.8. The van der Waals surface area contributed by atoms with E-state index in [1.165, 1.54) is 0 Å². The second-order valence-electron chi connectivity index (χ2n) is 11.1. The molecule has 214 valence electrons. The fraction of sp³-hybridized carbons (Fsp3) is 0.364. The highest BCUT2D eigenvalue weighted by atomic mass is 32.2. The van der Waals surface area contributed by atoms with E-state index in [4.69, 9.17) is 5.73 Å². The zero-order valence-electron chi connectivity index (χ0n) is 23.6.